The first kappa shape index (κ1) is 14.1. The summed E-state index contributed by atoms with van der Waals surface area (Å²) in [5.74, 6) is 0.456. The molecule has 0 saturated carbocycles. The summed E-state index contributed by atoms with van der Waals surface area (Å²) in [4.78, 5) is 30.2. The Hall–Kier alpha value is -3.47. The standard InChI is InChI=1S/C19H12N2O3/c22-18-16-8-1-2-9-17(16)19(23)21(18)13-5-3-6-14(11-13)24-15-7-4-10-20-12-15/h1-12H. The molecule has 24 heavy (non-hydrogen) atoms. The predicted molar refractivity (Wildman–Crippen MR) is 88.3 cm³/mol. The first-order valence-electron chi connectivity index (χ1n) is 7.40. The van der Waals surface area contributed by atoms with Crippen LogP contribution in [0, 0.1) is 0 Å². The van der Waals surface area contributed by atoms with Gasteiger partial charge in [-0.25, -0.2) is 4.90 Å². The number of benzene rings is 2. The molecule has 5 nitrogen and oxygen atoms in total. The van der Waals surface area contributed by atoms with Gasteiger partial charge in [0.25, 0.3) is 11.8 Å². The van der Waals surface area contributed by atoms with Gasteiger partial charge < -0.3 is 4.74 Å². The topological polar surface area (TPSA) is 59.5 Å². The number of ether oxygens (including phenoxy) is 1. The SMILES string of the molecule is O=C1c2ccccc2C(=O)N1c1cccc(Oc2cccnc2)c1. The summed E-state index contributed by atoms with van der Waals surface area (Å²) in [6, 6.07) is 17.2. The molecule has 0 fully saturated rings. The molecule has 4 rings (SSSR count). The van der Waals surface area contributed by atoms with Crippen molar-refractivity contribution < 1.29 is 14.3 Å². The molecule has 2 aromatic carbocycles. The van der Waals surface area contributed by atoms with E-state index in [-0.39, 0.29) is 11.8 Å². The molecule has 0 N–H and O–H groups in total. The molecule has 0 bridgehead atoms. The number of hydrogen-bond donors (Lipinski definition) is 0. The molecule has 1 aliphatic heterocycles. The second-order valence-electron chi connectivity index (χ2n) is 5.28. The molecular formula is C19H12N2O3. The molecule has 116 valence electrons. The van der Waals surface area contributed by atoms with Crippen molar-refractivity contribution in [3.63, 3.8) is 0 Å². The summed E-state index contributed by atoms with van der Waals surface area (Å²) in [6.45, 7) is 0. The van der Waals surface area contributed by atoms with E-state index in [9.17, 15) is 9.59 Å². The summed E-state index contributed by atoms with van der Waals surface area (Å²) in [7, 11) is 0. The average Bonchev–Trinajstić information content (AvgIpc) is 2.87. The van der Waals surface area contributed by atoms with Gasteiger partial charge in [-0.3, -0.25) is 14.6 Å². The highest BCUT2D eigenvalue weighted by Crippen LogP contribution is 2.31. The number of imide groups is 1. The van der Waals surface area contributed by atoms with Crippen molar-refractivity contribution in [2.75, 3.05) is 4.90 Å². The molecule has 3 aromatic rings. The maximum atomic E-state index is 12.5. The third kappa shape index (κ3) is 2.32. The van der Waals surface area contributed by atoms with Crippen LogP contribution in [0.5, 0.6) is 11.5 Å². The van der Waals surface area contributed by atoms with Gasteiger partial charge in [-0.1, -0.05) is 18.2 Å². The zero-order chi connectivity index (χ0) is 16.5. The Morgan fingerprint density at radius 1 is 0.792 bits per heavy atom. The van der Waals surface area contributed by atoms with Crippen molar-refractivity contribution in [3.8, 4) is 11.5 Å². The van der Waals surface area contributed by atoms with Crippen LogP contribution in [0.1, 0.15) is 20.7 Å². The zero-order valence-electron chi connectivity index (χ0n) is 12.5. The Morgan fingerprint density at radius 3 is 2.17 bits per heavy atom. The molecule has 2 heterocycles. The van der Waals surface area contributed by atoms with Crippen molar-refractivity contribution in [3.05, 3.63) is 84.2 Å². The van der Waals surface area contributed by atoms with Gasteiger partial charge in [0.1, 0.15) is 11.5 Å². The monoisotopic (exact) mass is 316 g/mol. The van der Waals surface area contributed by atoms with E-state index in [1.54, 1.807) is 73.1 Å². The molecule has 0 atom stereocenters. The highest BCUT2D eigenvalue weighted by Gasteiger charge is 2.36. The number of anilines is 1. The van der Waals surface area contributed by atoms with Crippen LogP contribution in [-0.4, -0.2) is 16.8 Å². The normalized spacial score (nSPS) is 13.1. The molecule has 1 aliphatic rings. The zero-order valence-corrected chi connectivity index (χ0v) is 12.5. The lowest BCUT2D eigenvalue weighted by atomic mass is 10.1. The number of aromatic nitrogens is 1. The average molecular weight is 316 g/mol. The van der Waals surface area contributed by atoms with Crippen molar-refractivity contribution >= 4 is 17.5 Å². The largest absolute Gasteiger partial charge is 0.456 e. The number of nitrogens with zero attached hydrogens (tertiary/aromatic N) is 2. The Bertz CT molecular complexity index is 903. The van der Waals surface area contributed by atoms with Gasteiger partial charge in [-0.2, -0.15) is 0 Å². The van der Waals surface area contributed by atoms with Gasteiger partial charge in [0.15, 0.2) is 0 Å². The Balaban J connectivity index is 1.67. The van der Waals surface area contributed by atoms with E-state index in [2.05, 4.69) is 4.98 Å². The van der Waals surface area contributed by atoms with Crippen LogP contribution in [-0.2, 0) is 0 Å². The fourth-order valence-electron chi connectivity index (χ4n) is 2.65. The lowest BCUT2D eigenvalue weighted by Gasteiger charge is -2.15. The molecule has 0 unspecified atom stereocenters. The highest BCUT2D eigenvalue weighted by molar-refractivity contribution is 6.34. The fraction of sp³-hybridized carbons (Fsp3) is 0. The number of hydrogen-bond acceptors (Lipinski definition) is 4. The maximum Gasteiger partial charge on any atom is 0.266 e. The summed E-state index contributed by atoms with van der Waals surface area (Å²) in [5, 5.41) is 0. The van der Waals surface area contributed by atoms with Gasteiger partial charge >= 0.3 is 0 Å². The third-order valence-electron chi connectivity index (χ3n) is 3.74. The Kier molecular flexibility index (Phi) is 3.31. The van der Waals surface area contributed by atoms with Crippen molar-refractivity contribution in [1.29, 1.82) is 0 Å². The number of carbonyl (C=O) groups excluding carboxylic acids is 2. The summed E-state index contributed by atoms with van der Waals surface area (Å²) in [6.07, 6.45) is 3.25. The van der Waals surface area contributed by atoms with Gasteiger partial charge in [0.05, 0.1) is 23.0 Å². The molecule has 0 aliphatic carbocycles. The van der Waals surface area contributed by atoms with E-state index >= 15 is 0 Å². The van der Waals surface area contributed by atoms with E-state index in [1.807, 2.05) is 0 Å². The highest BCUT2D eigenvalue weighted by atomic mass is 16.5. The lowest BCUT2D eigenvalue weighted by molar-refractivity contribution is 0.0926. The van der Waals surface area contributed by atoms with E-state index in [1.165, 1.54) is 4.90 Å². The predicted octanol–water partition coefficient (Wildman–Crippen LogP) is 3.67. The van der Waals surface area contributed by atoms with E-state index < -0.39 is 0 Å². The molecule has 0 radical (unpaired) electrons. The lowest BCUT2D eigenvalue weighted by Crippen LogP contribution is -2.29. The second-order valence-corrected chi connectivity index (χ2v) is 5.28. The minimum atomic E-state index is -0.325. The van der Waals surface area contributed by atoms with Gasteiger partial charge in [-0.05, 0) is 36.4 Å². The summed E-state index contributed by atoms with van der Waals surface area (Å²) < 4.78 is 5.71. The molecule has 5 heteroatoms. The number of rotatable bonds is 3. The number of amides is 2. The van der Waals surface area contributed by atoms with E-state index in [0.29, 0.717) is 28.3 Å². The van der Waals surface area contributed by atoms with E-state index in [0.717, 1.165) is 0 Å². The summed E-state index contributed by atoms with van der Waals surface area (Å²) in [5.41, 5.74) is 1.31. The molecule has 2 amide bonds. The molecular weight excluding hydrogens is 304 g/mol. The maximum absolute atomic E-state index is 12.5. The van der Waals surface area contributed by atoms with Crippen molar-refractivity contribution in [1.82, 2.24) is 4.98 Å². The van der Waals surface area contributed by atoms with Crippen molar-refractivity contribution in [2.45, 2.75) is 0 Å². The first-order chi connectivity index (χ1) is 11.7. The van der Waals surface area contributed by atoms with Gasteiger partial charge in [0, 0.05) is 12.3 Å². The Morgan fingerprint density at radius 2 is 1.50 bits per heavy atom. The van der Waals surface area contributed by atoms with Crippen LogP contribution in [0.15, 0.2) is 73.1 Å². The molecule has 0 spiro atoms. The first-order valence-corrected chi connectivity index (χ1v) is 7.40. The minimum Gasteiger partial charge on any atom is -0.456 e. The smallest absolute Gasteiger partial charge is 0.266 e. The summed E-state index contributed by atoms with van der Waals surface area (Å²) >= 11 is 0. The van der Waals surface area contributed by atoms with Crippen LogP contribution in [0.3, 0.4) is 0 Å². The Labute approximate surface area is 138 Å². The number of pyridine rings is 1. The fourth-order valence-corrected chi connectivity index (χ4v) is 2.65. The number of fused-ring (bicyclic) bond motifs is 1. The number of carbonyl (C=O) groups is 2. The van der Waals surface area contributed by atoms with Crippen LogP contribution in [0.4, 0.5) is 5.69 Å². The van der Waals surface area contributed by atoms with Crippen LogP contribution in [0.2, 0.25) is 0 Å². The quantitative estimate of drug-likeness (QED) is 0.692. The van der Waals surface area contributed by atoms with Gasteiger partial charge in [-0.15, -0.1) is 0 Å². The van der Waals surface area contributed by atoms with Gasteiger partial charge in [0.2, 0.25) is 0 Å². The van der Waals surface area contributed by atoms with Crippen LogP contribution in [0.25, 0.3) is 0 Å². The van der Waals surface area contributed by atoms with Crippen molar-refractivity contribution in [2.24, 2.45) is 0 Å². The third-order valence-corrected chi connectivity index (χ3v) is 3.74. The molecule has 0 saturated heterocycles. The van der Waals surface area contributed by atoms with Crippen LogP contribution >= 0.6 is 0 Å². The molecule has 1 aromatic heterocycles. The van der Waals surface area contributed by atoms with E-state index in [4.69, 9.17) is 4.74 Å². The second kappa shape index (κ2) is 5.62. The van der Waals surface area contributed by atoms with Crippen LogP contribution < -0.4 is 9.64 Å². The minimum absolute atomic E-state index is 0.325.